The average Bonchev–Trinajstić information content (AvgIpc) is 2.64. The molecule has 15 heavy (non-hydrogen) atoms. The number of rotatable bonds is 6. The van der Waals surface area contributed by atoms with Crippen molar-refractivity contribution in [3.05, 3.63) is 12.7 Å². The van der Waals surface area contributed by atoms with Crippen LogP contribution in [0.15, 0.2) is 12.7 Å². The molecule has 0 radical (unpaired) electrons. The summed E-state index contributed by atoms with van der Waals surface area (Å²) in [5.41, 5.74) is 0. The number of hydrogen-bond donors (Lipinski definition) is 2. The Morgan fingerprint density at radius 3 is 2.80 bits per heavy atom. The maximum absolute atomic E-state index is 11.4. The summed E-state index contributed by atoms with van der Waals surface area (Å²) in [4.78, 5) is 0. The van der Waals surface area contributed by atoms with E-state index in [-0.39, 0.29) is 18.2 Å². The highest BCUT2D eigenvalue weighted by Gasteiger charge is 2.16. The van der Waals surface area contributed by atoms with Crippen LogP contribution in [-0.4, -0.2) is 33.3 Å². The van der Waals surface area contributed by atoms with Gasteiger partial charge in [-0.3, -0.25) is 0 Å². The van der Waals surface area contributed by atoms with Crippen LogP contribution in [-0.2, 0) is 10.0 Å². The lowest BCUT2D eigenvalue weighted by molar-refractivity contribution is 0.551. The Bertz CT molecular complexity index is 274. The van der Waals surface area contributed by atoms with Gasteiger partial charge in [0, 0.05) is 12.6 Å². The third-order valence-electron chi connectivity index (χ3n) is 2.30. The average molecular weight is 255 g/mol. The molecule has 1 heterocycles. The van der Waals surface area contributed by atoms with Gasteiger partial charge in [0.25, 0.3) is 0 Å². The SMILES string of the molecule is C=CCCS(=O)(=O)NCC1CCCN1.Cl. The van der Waals surface area contributed by atoms with Gasteiger partial charge in [-0.15, -0.1) is 19.0 Å². The molecule has 0 amide bonds. The lowest BCUT2D eigenvalue weighted by Crippen LogP contribution is -2.38. The summed E-state index contributed by atoms with van der Waals surface area (Å²) in [5.74, 6) is 0.142. The molecule has 0 spiro atoms. The Kier molecular flexibility index (Phi) is 7.17. The Morgan fingerprint density at radius 2 is 2.27 bits per heavy atom. The van der Waals surface area contributed by atoms with Gasteiger partial charge in [0.2, 0.25) is 10.0 Å². The highest BCUT2D eigenvalue weighted by Crippen LogP contribution is 2.03. The van der Waals surface area contributed by atoms with Gasteiger partial charge < -0.3 is 5.32 Å². The third kappa shape index (κ3) is 6.14. The standard InChI is InChI=1S/C9H18N2O2S.ClH/c1-2-3-7-14(12,13)11-8-9-5-4-6-10-9;/h2,9-11H,1,3-8H2;1H. The van der Waals surface area contributed by atoms with Gasteiger partial charge in [0.05, 0.1) is 5.75 Å². The summed E-state index contributed by atoms with van der Waals surface area (Å²) in [6.45, 7) is 5.01. The summed E-state index contributed by atoms with van der Waals surface area (Å²) in [6, 6.07) is 0.313. The van der Waals surface area contributed by atoms with Crippen LogP contribution in [0.4, 0.5) is 0 Å². The van der Waals surface area contributed by atoms with Crippen molar-refractivity contribution in [3.63, 3.8) is 0 Å². The first kappa shape index (κ1) is 14.9. The van der Waals surface area contributed by atoms with Crippen LogP contribution in [0.5, 0.6) is 0 Å². The second kappa shape index (κ2) is 7.22. The second-order valence-corrected chi connectivity index (χ2v) is 5.46. The maximum Gasteiger partial charge on any atom is 0.211 e. The molecule has 1 rings (SSSR count). The van der Waals surface area contributed by atoms with Gasteiger partial charge in [-0.1, -0.05) is 6.08 Å². The van der Waals surface area contributed by atoms with Crippen molar-refractivity contribution in [2.24, 2.45) is 0 Å². The van der Waals surface area contributed by atoms with Crippen LogP contribution in [0.1, 0.15) is 19.3 Å². The second-order valence-electron chi connectivity index (χ2n) is 3.54. The molecule has 0 aliphatic carbocycles. The van der Waals surface area contributed by atoms with Crippen molar-refractivity contribution >= 4 is 22.4 Å². The van der Waals surface area contributed by atoms with E-state index in [2.05, 4.69) is 16.6 Å². The molecule has 1 saturated heterocycles. The topological polar surface area (TPSA) is 58.2 Å². The van der Waals surface area contributed by atoms with E-state index in [4.69, 9.17) is 0 Å². The molecular formula is C9H19ClN2O2S. The normalized spacial score (nSPS) is 20.9. The van der Waals surface area contributed by atoms with E-state index in [0.717, 1.165) is 19.4 Å². The first-order chi connectivity index (χ1) is 6.64. The zero-order chi connectivity index (χ0) is 10.4. The van der Waals surface area contributed by atoms with Crippen molar-refractivity contribution in [1.29, 1.82) is 0 Å². The first-order valence-corrected chi connectivity index (χ1v) is 6.61. The number of hydrogen-bond acceptors (Lipinski definition) is 3. The van der Waals surface area contributed by atoms with Crippen LogP contribution in [0.2, 0.25) is 0 Å². The van der Waals surface area contributed by atoms with Crippen molar-refractivity contribution in [1.82, 2.24) is 10.0 Å². The van der Waals surface area contributed by atoms with Crippen LogP contribution in [0, 0.1) is 0 Å². The Hall–Kier alpha value is -0.100. The summed E-state index contributed by atoms with van der Waals surface area (Å²) < 4.78 is 25.3. The third-order valence-corrected chi connectivity index (χ3v) is 3.68. The summed E-state index contributed by atoms with van der Waals surface area (Å²) in [6.07, 6.45) is 4.32. The monoisotopic (exact) mass is 254 g/mol. The van der Waals surface area contributed by atoms with Gasteiger partial charge in [-0.2, -0.15) is 0 Å². The molecule has 0 aromatic rings. The van der Waals surface area contributed by atoms with Crippen LogP contribution < -0.4 is 10.0 Å². The van der Waals surface area contributed by atoms with Gasteiger partial charge in [0.1, 0.15) is 0 Å². The number of sulfonamides is 1. The van der Waals surface area contributed by atoms with E-state index >= 15 is 0 Å². The van der Waals surface area contributed by atoms with E-state index in [1.165, 1.54) is 0 Å². The van der Waals surface area contributed by atoms with Crippen LogP contribution in [0.3, 0.4) is 0 Å². The maximum atomic E-state index is 11.4. The molecule has 90 valence electrons. The van der Waals surface area contributed by atoms with Crippen molar-refractivity contribution in [3.8, 4) is 0 Å². The zero-order valence-corrected chi connectivity index (χ0v) is 10.4. The van der Waals surface area contributed by atoms with Gasteiger partial charge in [-0.05, 0) is 25.8 Å². The number of halogens is 1. The minimum absolute atomic E-state index is 0. The summed E-state index contributed by atoms with van der Waals surface area (Å²) in [5, 5.41) is 3.24. The summed E-state index contributed by atoms with van der Waals surface area (Å²) in [7, 11) is -3.09. The van der Waals surface area contributed by atoms with E-state index in [9.17, 15) is 8.42 Å². The molecule has 1 fully saturated rings. The molecule has 1 unspecified atom stereocenters. The fourth-order valence-electron chi connectivity index (χ4n) is 1.47. The van der Waals surface area contributed by atoms with Crippen molar-refractivity contribution < 1.29 is 8.42 Å². The van der Waals surface area contributed by atoms with E-state index < -0.39 is 10.0 Å². The Morgan fingerprint density at radius 1 is 1.53 bits per heavy atom. The van der Waals surface area contributed by atoms with E-state index in [1.807, 2.05) is 0 Å². The molecule has 1 aliphatic heterocycles. The minimum atomic E-state index is -3.09. The molecular weight excluding hydrogens is 236 g/mol. The first-order valence-electron chi connectivity index (χ1n) is 4.95. The van der Waals surface area contributed by atoms with E-state index in [0.29, 0.717) is 19.0 Å². The Balaban J connectivity index is 0.00000196. The van der Waals surface area contributed by atoms with Crippen molar-refractivity contribution in [2.75, 3.05) is 18.8 Å². The quantitative estimate of drug-likeness (QED) is 0.685. The predicted molar refractivity (Wildman–Crippen MR) is 64.9 cm³/mol. The van der Waals surface area contributed by atoms with Gasteiger partial charge >= 0.3 is 0 Å². The molecule has 2 N–H and O–H groups in total. The molecule has 6 heteroatoms. The van der Waals surface area contributed by atoms with Gasteiger partial charge in [-0.25, -0.2) is 13.1 Å². The number of allylic oxidation sites excluding steroid dienone is 1. The molecule has 0 aromatic heterocycles. The molecule has 1 aliphatic rings. The van der Waals surface area contributed by atoms with E-state index in [1.54, 1.807) is 6.08 Å². The summed E-state index contributed by atoms with van der Waals surface area (Å²) >= 11 is 0. The smallest absolute Gasteiger partial charge is 0.211 e. The highest BCUT2D eigenvalue weighted by atomic mass is 35.5. The highest BCUT2D eigenvalue weighted by molar-refractivity contribution is 7.89. The molecule has 1 atom stereocenters. The largest absolute Gasteiger partial charge is 0.313 e. The number of nitrogens with one attached hydrogen (secondary N) is 2. The predicted octanol–water partition coefficient (Wildman–Crippen LogP) is 0.656. The van der Waals surface area contributed by atoms with Crippen LogP contribution in [0.25, 0.3) is 0 Å². The zero-order valence-electron chi connectivity index (χ0n) is 8.74. The molecule has 0 bridgehead atoms. The lowest BCUT2D eigenvalue weighted by atomic mass is 10.2. The fourth-order valence-corrected chi connectivity index (χ4v) is 2.55. The van der Waals surface area contributed by atoms with Gasteiger partial charge in [0.15, 0.2) is 0 Å². The van der Waals surface area contributed by atoms with Crippen LogP contribution >= 0.6 is 12.4 Å². The van der Waals surface area contributed by atoms with Crippen molar-refractivity contribution in [2.45, 2.75) is 25.3 Å². The molecule has 0 saturated carbocycles. The Labute approximate surface area is 98.0 Å². The fraction of sp³-hybridized carbons (Fsp3) is 0.778. The lowest BCUT2D eigenvalue weighted by Gasteiger charge is -2.11. The minimum Gasteiger partial charge on any atom is -0.313 e. The molecule has 0 aromatic carbocycles. The molecule has 4 nitrogen and oxygen atoms in total.